The van der Waals surface area contributed by atoms with Crippen LogP contribution in [0.25, 0.3) is 0 Å². The minimum absolute atomic E-state index is 0.128. The highest BCUT2D eigenvalue weighted by Gasteiger charge is 2.44. The zero-order valence-corrected chi connectivity index (χ0v) is 9.91. The first-order chi connectivity index (χ1) is 8.41. The van der Waals surface area contributed by atoms with Crippen molar-refractivity contribution < 1.29 is 13.2 Å². The Labute approximate surface area is 103 Å². The Morgan fingerprint density at radius 3 is 2.39 bits per heavy atom. The fourth-order valence-corrected chi connectivity index (χ4v) is 1.89. The maximum absolute atomic E-state index is 12.6. The number of rotatable bonds is 2. The molecule has 1 aromatic rings. The maximum Gasteiger partial charge on any atom is 0.412 e. The number of aliphatic imine (C=N–C) groups is 1. The van der Waals surface area contributed by atoms with E-state index in [-0.39, 0.29) is 6.54 Å². The highest BCUT2D eigenvalue weighted by atomic mass is 19.4. The zero-order valence-electron chi connectivity index (χ0n) is 9.91. The van der Waals surface area contributed by atoms with Crippen molar-refractivity contribution in [3.63, 3.8) is 0 Å². The Balaban J connectivity index is 2.26. The summed E-state index contributed by atoms with van der Waals surface area (Å²) in [6, 6.07) is 5.46. The van der Waals surface area contributed by atoms with E-state index in [1.54, 1.807) is 31.3 Å². The van der Waals surface area contributed by atoms with Gasteiger partial charge in [0.1, 0.15) is 5.84 Å². The zero-order chi connectivity index (χ0) is 13.3. The number of hydrogen-bond donors (Lipinski definition) is 1. The summed E-state index contributed by atoms with van der Waals surface area (Å²) in [7, 11) is 1.61. The summed E-state index contributed by atoms with van der Waals surface area (Å²) in [6.45, 7) is 0.283. The smallest absolute Gasteiger partial charge is 0.357 e. The lowest BCUT2D eigenvalue weighted by Crippen LogP contribution is -2.32. The van der Waals surface area contributed by atoms with Crippen molar-refractivity contribution in [1.29, 1.82) is 0 Å². The second-order valence-electron chi connectivity index (χ2n) is 4.29. The van der Waals surface area contributed by atoms with Crippen LogP contribution in [0.3, 0.4) is 0 Å². The molecule has 1 aliphatic rings. The van der Waals surface area contributed by atoms with Crippen LogP contribution >= 0.6 is 0 Å². The minimum atomic E-state index is -4.28. The van der Waals surface area contributed by atoms with Gasteiger partial charge in [-0.1, -0.05) is 24.3 Å². The molecular formula is C12H14F3N3. The van der Waals surface area contributed by atoms with Gasteiger partial charge in [-0.25, -0.2) is 0 Å². The molecule has 18 heavy (non-hydrogen) atoms. The third-order valence-corrected chi connectivity index (χ3v) is 2.91. The van der Waals surface area contributed by atoms with Crippen molar-refractivity contribution in [3.05, 3.63) is 35.4 Å². The van der Waals surface area contributed by atoms with E-state index in [0.29, 0.717) is 17.9 Å². The van der Waals surface area contributed by atoms with Crippen LogP contribution in [0.1, 0.15) is 11.1 Å². The summed E-state index contributed by atoms with van der Waals surface area (Å²) < 4.78 is 37.8. The van der Waals surface area contributed by atoms with Gasteiger partial charge in [-0.2, -0.15) is 13.2 Å². The predicted octanol–water partition coefficient (Wildman–Crippen LogP) is 1.77. The summed E-state index contributed by atoms with van der Waals surface area (Å²) in [5, 5.41) is 0. The van der Waals surface area contributed by atoms with E-state index in [0.717, 1.165) is 5.56 Å². The van der Waals surface area contributed by atoms with Crippen LogP contribution in [0.4, 0.5) is 13.2 Å². The molecule has 1 heterocycles. The summed E-state index contributed by atoms with van der Waals surface area (Å²) in [6.07, 6.45) is -4.28. The Morgan fingerprint density at radius 1 is 1.33 bits per heavy atom. The number of nitrogens with two attached hydrogens (primary N) is 1. The predicted molar refractivity (Wildman–Crippen MR) is 63.3 cm³/mol. The van der Waals surface area contributed by atoms with Crippen LogP contribution in [-0.2, 0) is 6.54 Å². The summed E-state index contributed by atoms with van der Waals surface area (Å²) in [5.74, 6) is 0.376. The lowest BCUT2D eigenvalue weighted by molar-refractivity contribution is -0.145. The molecule has 0 saturated carbocycles. The molecule has 1 aromatic carbocycles. The highest BCUT2D eigenvalue weighted by Crippen LogP contribution is 2.28. The lowest BCUT2D eigenvalue weighted by Gasteiger charge is -2.15. The van der Waals surface area contributed by atoms with Gasteiger partial charge in [0.25, 0.3) is 0 Å². The second-order valence-corrected chi connectivity index (χ2v) is 4.29. The third kappa shape index (κ3) is 2.48. The number of alkyl halides is 3. The number of nitrogens with zero attached hydrogens (tertiary/aromatic N) is 2. The van der Waals surface area contributed by atoms with Gasteiger partial charge in [-0.15, -0.1) is 0 Å². The molecule has 1 unspecified atom stereocenters. The first-order valence-electron chi connectivity index (χ1n) is 5.57. The van der Waals surface area contributed by atoms with E-state index in [1.807, 2.05) is 0 Å². The number of hydrogen-bond acceptors (Lipinski definition) is 3. The van der Waals surface area contributed by atoms with Crippen LogP contribution in [0.15, 0.2) is 29.3 Å². The number of likely N-dealkylation sites (N-methyl/N-ethyl adjacent to an activating group) is 1. The van der Waals surface area contributed by atoms with Gasteiger partial charge < -0.3 is 10.6 Å². The molecule has 2 rings (SSSR count). The van der Waals surface area contributed by atoms with E-state index in [2.05, 4.69) is 4.99 Å². The Hall–Kier alpha value is -1.56. The summed E-state index contributed by atoms with van der Waals surface area (Å²) in [5.41, 5.74) is 7.09. The quantitative estimate of drug-likeness (QED) is 0.877. The van der Waals surface area contributed by atoms with E-state index < -0.39 is 12.2 Å². The molecule has 0 bridgehead atoms. The number of benzene rings is 1. The van der Waals surface area contributed by atoms with Gasteiger partial charge in [0.2, 0.25) is 0 Å². The van der Waals surface area contributed by atoms with Crippen LogP contribution in [0.2, 0.25) is 0 Å². The van der Waals surface area contributed by atoms with Crippen LogP contribution in [0.5, 0.6) is 0 Å². The first-order valence-corrected chi connectivity index (χ1v) is 5.57. The molecule has 0 saturated heterocycles. The number of amidine groups is 1. The summed E-state index contributed by atoms with van der Waals surface area (Å²) in [4.78, 5) is 5.28. The van der Waals surface area contributed by atoms with E-state index in [1.165, 1.54) is 4.90 Å². The molecular weight excluding hydrogens is 243 g/mol. The minimum Gasteiger partial charge on any atom is -0.357 e. The largest absolute Gasteiger partial charge is 0.412 e. The molecule has 6 heteroatoms. The molecule has 0 fully saturated rings. The first kappa shape index (κ1) is 12.9. The molecule has 0 aliphatic carbocycles. The Morgan fingerprint density at radius 2 is 1.94 bits per heavy atom. The standard InChI is InChI=1S/C12H14F3N3/c1-18-7-10(12(13,14)15)17-11(18)9-4-2-8(6-16)3-5-9/h2-5,10H,6-7,16H2,1H3. The Bertz CT molecular complexity index is 451. The average molecular weight is 257 g/mol. The second kappa shape index (κ2) is 4.61. The molecule has 0 radical (unpaired) electrons. The fourth-order valence-electron chi connectivity index (χ4n) is 1.89. The SMILES string of the molecule is CN1CC(C(F)(F)F)N=C1c1ccc(CN)cc1. The van der Waals surface area contributed by atoms with E-state index in [9.17, 15) is 13.2 Å². The van der Waals surface area contributed by atoms with Gasteiger partial charge in [-0.05, 0) is 5.56 Å². The van der Waals surface area contributed by atoms with Crippen molar-refractivity contribution in [2.75, 3.05) is 13.6 Å². The van der Waals surface area contributed by atoms with Gasteiger partial charge in [0.05, 0.1) is 6.54 Å². The van der Waals surface area contributed by atoms with Gasteiger partial charge >= 0.3 is 6.18 Å². The van der Waals surface area contributed by atoms with Crippen molar-refractivity contribution >= 4 is 5.84 Å². The van der Waals surface area contributed by atoms with E-state index >= 15 is 0 Å². The molecule has 2 N–H and O–H groups in total. The van der Waals surface area contributed by atoms with Crippen molar-refractivity contribution in [1.82, 2.24) is 4.90 Å². The highest BCUT2D eigenvalue weighted by molar-refractivity contribution is 5.99. The normalized spacial score (nSPS) is 20.2. The maximum atomic E-state index is 12.6. The Kier molecular flexibility index (Phi) is 3.30. The van der Waals surface area contributed by atoms with Crippen molar-refractivity contribution in [2.45, 2.75) is 18.8 Å². The van der Waals surface area contributed by atoms with Gasteiger partial charge in [0.15, 0.2) is 6.04 Å². The third-order valence-electron chi connectivity index (χ3n) is 2.91. The van der Waals surface area contributed by atoms with Crippen molar-refractivity contribution in [3.8, 4) is 0 Å². The topological polar surface area (TPSA) is 41.6 Å². The average Bonchev–Trinajstić information content (AvgIpc) is 2.71. The van der Waals surface area contributed by atoms with Crippen LogP contribution < -0.4 is 5.73 Å². The fraction of sp³-hybridized carbons (Fsp3) is 0.417. The lowest BCUT2D eigenvalue weighted by atomic mass is 10.1. The molecule has 0 spiro atoms. The van der Waals surface area contributed by atoms with Gasteiger partial charge in [0, 0.05) is 19.2 Å². The molecule has 98 valence electrons. The molecule has 0 amide bonds. The van der Waals surface area contributed by atoms with Crippen LogP contribution in [0, 0.1) is 0 Å². The molecule has 0 aromatic heterocycles. The monoisotopic (exact) mass is 257 g/mol. The molecule has 3 nitrogen and oxygen atoms in total. The molecule has 1 atom stereocenters. The van der Waals surface area contributed by atoms with E-state index in [4.69, 9.17) is 5.73 Å². The van der Waals surface area contributed by atoms with Crippen molar-refractivity contribution in [2.24, 2.45) is 10.7 Å². The van der Waals surface area contributed by atoms with Gasteiger partial charge in [-0.3, -0.25) is 4.99 Å². The number of halogens is 3. The summed E-state index contributed by atoms with van der Waals surface area (Å²) >= 11 is 0. The van der Waals surface area contributed by atoms with Crippen LogP contribution in [-0.4, -0.2) is 36.5 Å². The molecule has 1 aliphatic heterocycles.